The number of nitrogens with zero attached hydrogens (tertiary/aromatic N) is 1. The van der Waals surface area contributed by atoms with Crippen molar-refractivity contribution in [2.24, 2.45) is 0 Å². The summed E-state index contributed by atoms with van der Waals surface area (Å²) < 4.78 is 0. The molecule has 2 aromatic rings. The molecule has 0 aromatic carbocycles. The van der Waals surface area contributed by atoms with Gasteiger partial charge in [0.05, 0.1) is 0 Å². The lowest BCUT2D eigenvalue weighted by atomic mass is 10.0. The van der Waals surface area contributed by atoms with E-state index in [0.29, 0.717) is 0 Å². The third kappa shape index (κ3) is 4.09. The van der Waals surface area contributed by atoms with Gasteiger partial charge in [-0.05, 0) is 43.3 Å². The number of hydrogen-bond donors (Lipinski definition) is 2. The van der Waals surface area contributed by atoms with E-state index < -0.39 is 0 Å². The maximum atomic E-state index is 12.2. The second-order valence-corrected chi connectivity index (χ2v) is 7.02. The Morgan fingerprint density at radius 2 is 2.13 bits per heavy atom. The average Bonchev–Trinajstić information content (AvgIpc) is 3.02. The van der Waals surface area contributed by atoms with Crippen LogP contribution in [0.3, 0.4) is 0 Å². The Bertz CT molecular complexity index is 716. The molecule has 23 heavy (non-hydrogen) atoms. The monoisotopic (exact) mass is 331 g/mol. The van der Waals surface area contributed by atoms with Gasteiger partial charge in [-0.2, -0.15) is 0 Å². The molecule has 1 aliphatic rings. The molecule has 0 unspecified atom stereocenters. The van der Waals surface area contributed by atoms with Crippen molar-refractivity contribution in [2.75, 3.05) is 13.1 Å². The molecule has 0 atom stereocenters. The lowest BCUT2D eigenvalue weighted by Gasteiger charge is -2.32. The van der Waals surface area contributed by atoms with Crippen molar-refractivity contribution in [2.45, 2.75) is 32.4 Å². The second-order valence-electron chi connectivity index (χ2n) is 5.99. The van der Waals surface area contributed by atoms with E-state index in [1.54, 1.807) is 30.4 Å². The third-order valence-corrected chi connectivity index (χ3v) is 5.04. The standard InChI is InChI=1S/C17H21N3O2S/c1-12-4-5-15(16(21)18-12)17(22)19-13-6-8-20(9-7-13)11-14-3-2-10-23-14/h2-5,10,13H,6-9,11H2,1H3,(H,18,21)(H,19,22). The van der Waals surface area contributed by atoms with Gasteiger partial charge in [-0.25, -0.2) is 0 Å². The molecule has 1 amide bonds. The smallest absolute Gasteiger partial charge is 0.260 e. The summed E-state index contributed by atoms with van der Waals surface area (Å²) in [6.45, 7) is 4.71. The van der Waals surface area contributed by atoms with Crippen LogP contribution in [0.5, 0.6) is 0 Å². The Kier molecular flexibility index (Phi) is 4.93. The molecule has 0 aliphatic carbocycles. The van der Waals surface area contributed by atoms with E-state index in [-0.39, 0.29) is 23.1 Å². The lowest BCUT2D eigenvalue weighted by molar-refractivity contribution is 0.0907. The van der Waals surface area contributed by atoms with Crippen LogP contribution < -0.4 is 10.9 Å². The van der Waals surface area contributed by atoms with Crippen LogP contribution in [0.25, 0.3) is 0 Å². The molecule has 1 saturated heterocycles. The highest BCUT2D eigenvalue weighted by Gasteiger charge is 2.22. The van der Waals surface area contributed by atoms with Gasteiger partial charge in [-0.15, -0.1) is 11.3 Å². The van der Waals surface area contributed by atoms with Gasteiger partial charge in [-0.3, -0.25) is 14.5 Å². The number of pyridine rings is 1. The number of aryl methyl sites for hydroxylation is 1. The normalized spacial score (nSPS) is 16.4. The fraction of sp³-hybridized carbons (Fsp3) is 0.412. The van der Waals surface area contributed by atoms with Crippen LogP contribution in [-0.2, 0) is 6.54 Å². The van der Waals surface area contributed by atoms with Gasteiger partial charge in [-0.1, -0.05) is 6.07 Å². The molecule has 3 rings (SSSR count). The Balaban J connectivity index is 1.52. The van der Waals surface area contributed by atoms with Crippen LogP contribution in [-0.4, -0.2) is 34.9 Å². The SMILES string of the molecule is Cc1ccc(C(=O)NC2CCN(Cc3cccs3)CC2)c(=O)[nH]1. The van der Waals surface area contributed by atoms with Crippen molar-refractivity contribution in [3.8, 4) is 0 Å². The van der Waals surface area contributed by atoms with E-state index in [1.807, 2.05) is 0 Å². The van der Waals surface area contributed by atoms with E-state index in [1.165, 1.54) is 4.88 Å². The van der Waals surface area contributed by atoms with Crippen LogP contribution in [0.4, 0.5) is 0 Å². The van der Waals surface area contributed by atoms with E-state index in [4.69, 9.17) is 0 Å². The Morgan fingerprint density at radius 3 is 2.78 bits per heavy atom. The third-order valence-electron chi connectivity index (χ3n) is 4.18. The maximum Gasteiger partial charge on any atom is 0.260 e. The molecule has 6 heteroatoms. The van der Waals surface area contributed by atoms with Crippen molar-refractivity contribution in [3.63, 3.8) is 0 Å². The van der Waals surface area contributed by atoms with Gasteiger partial charge in [0.15, 0.2) is 0 Å². The van der Waals surface area contributed by atoms with Crippen LogP contribution in [0.15, 0.2) is 34.4 Å². The number of hydrogen-bond acceptors (Lipinski definition) is 4. The van der Waals surface area contributed by atoms with Crippen molar-refractivity contribution in [1.82, 2.24) is 15.2 Å². The molecule has 0 spiro atoms. The van der Waals surface area contributed by atoms with Crippen molar-refractivity contribution in [1.29, 1.82) is 0 Å². The summed E-state index contributed by atoms with van der Waals surface area (Å²) in [5, 5.41) is 5.09. The summed E-state index contributed by atoms with van der Waals surface area (Å²) >= 11 is 1.78. The first-order valence-electron chi connectivity index (χ1n) is 7.87. The first kappa shape index (κ1) is 16.0. The van der Waals surface area contributed by atoms with Crippen LogP contribution >= 0.6 is 11.3 Å². The molecule has 5 nitrogen and oxygen atoms in total. The van der Waals surface area contributed by atoms with Crippen molar-refractivity contribution >= 4 is 17.2 Å². The number of aromatic nitrogens is 1. The van der Waals surface area contributed by atoms with E-state index >= 15 is 0 Å². The molecule has 2 aromatic heterocycles. The maximum absolute atomic E-state index is 12.2. The van der Waals surface area contributed by atoms with E-state index in [9.17, 15) is 9.59 Å². The number of likely N-dealkylation sites (tertiary alicyclic amines) is 1. The summed E-state index contributed by atoms with van der Waals surface area (Å²) in [5.74, 6) is -0.275. The first-order chi connectivity index (χ1) is 11.1. The van der Waals surface area contributed by atoms with Crippen LogP contribution in [0.2, 0.25) is 0 Å². The van der Waals surface area contributed by atoms with Gasteiger partial charge in [0.1, 0.15) is 5.56 Å². The van der Waals surface area contributed by atoms with E-state index in [0.717, 1.165) is 38.2 Å². The number of H-pyrrole nitrogens is 1. The van der Waals surface area contributed by atoms with Gasteiger partial charge in [0, 0.05) is 36.2 Å². The number of rotatable bonds is 4. The van der Waals surface area contributed by atoms with Crippen LogP contribution in [0.1, 0.15) is 33.8 Å². The largest absolute Gasteiger partial charge is 0.349 e. The number of piperidine rings is 1. The minimum absolute atomic E-state index is 0.141. The summed E-state index contributed by atoms with van der Waals surface area (Å²) in [7, 11) is 0. The summed E-state index contributed by atoms with van der Waals surface area (Å²) in [5.41, 5.74) is 0.627. The molecule has 0 bridgehead atoms. The highest BCUT2D eigenvalue weighted by molar-refractivity contribution is 7.09. The topological polar surface area (TPSA) is 65.2 Å². The Morgan fingerprint density at radius 1 is 1.35 bits per heavy atom. The lowest BCUT2D eigenvalue weighted by Crippen LogP contribution is -2.45. The van der Waals surface area contributed by atoms with E-state index in [2.05, 4.69) is 32.7 Å². The second kappa shape index (κ2) is 7.10. The van der Waals surface area contributed by atoms with Gasteiger partial charge in [0.25, 0.3) is 11.5 Å². The zero-order valence-electron chi connectivity index (χ0n) is 13.2. The highest BCUT2D eigenvalue weighted by atomic mass is 32.1. The molecule has 1 fully saturated rings. The molecule has 0 radical (unpaired) electrons. The van der Waals surface area contributed by atoms with Crippen molar-refractivity contribution < 1.29 is 4.79 Å². The zero-order valence-corrected chi connectivity index (χ0v) is 14.0. The average molecular weight is 331 g/mol. The number of carbonyl (C=O) groups is 1. The molecule has 3 heterocycles. The summed E-state index contributed by atoms with van der Waals surface area (Å²) in [4.78, 5) is 30.5. The molecule has 1 aliphatic heterocycles. The van der Waals surface area contributed by atoms with Crippen molar-refractivity contribution in [3.05, 3.63) is 56.1 Å². The summed E-state index contributed by atoms with van der Waals surface area (Å²) in [6.07, 6.45) is 1.84. The molecule has 2 N–H and O–H groups in total. The van der Waals surface area contributed by atoms with Crippen LogP contribution in [0, 0.1) is 6.92 Å². The van der Waals surface area contributed by atoms with Gasteiger partial charge < -0.3 is 10.3 Å². The molecule has 122 valence electrons. The fourth-order valence-electron chi connectivity index (χ4n) is 2.87. The molecular weight excluding hydrogens is 310 g/mol. The number of carbonyl (C=O) groups excluding carboxylic acids is 1. The predicted molar refractivity (Wildman–Crippen MR) is 91.9 cm³/mol. The summed E-state index contributed by atoms with van der Waals surface area (Å²) in [6, 6.07) is 7.71. The minimum Gasteiger partial charge on any atom is -0.349 e. The number of aromatic amines is 1. The number of nitrogens with one attached hydrogen (secondary N) is 2. The fourth-order valence-corrected chi connectivity index (χ4v) is 3.62. The predicted octanol–water partition coefficient (Wildman–Crippen LogP) is 2.14. The first-order valence-corrected chi connectivity index (χ1v) is 8.75. The Hall–Kier alpha value is -1.92. The number of thiophene rings is 1. The van der Waals surface area contributed by atoms with Gasteiger partial charge >= 0.3 is 0 Å². The zero-order chi connectivity index (χ0) is 16.2. The minimum atomic E-state index is -0.322. The van der Waals surface area contributed by atoms with Gasteiger partial charge in [0.2, 0.25) is 0 Å². The highest BCUT2D eigenvalue weighted by Crippen LogP contribution is 2.17. The quantitative estimate of drug-likeness (QED) is 0.902. The Labute approximate surface area is 139 Å². The molecule has 0 saturated carbocycles. The number of amides is 1. The molecular formula is C17H21N3O2S.